The largest absolute Gasteiger partial charge is 0.366 e. The van der Waals surface area contributed by atoms with Crippen molar-refractivity contribution in [3.8, 4) is 0 Å². The second kappa shape index (κ2) is 7.08. The molecular formula is C17H23N3O3. The van der Waals surface area contributed by atoms with E-state index in [1.807, 2.05) is 0 Å². The van der Waals surface area contributed by atoms with Crippen LogP contribution in [0.2, 0.25) is 0 Å². The average Bonchev–Trinajstić information content (AvgIpc) is 3.08. The van der Waals surface area contributed by atoms with Crippen LogP contribution in [0, 0.1) is 16.0 Å². The van der Waals surface area contributed by atoms with Crippen LogP contribution in [0.3, 0.4) is 0 Å². The van der Waals surface area contributed by atoms with Gasteiger partial charge in [0, 0.05) is 31.3 Å². The Bertz CT molecular complexity index is 576. The number of rotatable bonds is 5. The van der Waals surface area contributed by atoms with E-state index in [4.69, 9.17) is 0 Å². The number of nitrogens with zero attached hydrogens (tertiary/aromatic N) is 3. The number of hydrogen-bond acceptors (Lipinski definition) is 5. The summed E-state index contributed by atoms with van der Waals surface area (Å²) < 4.78 is 0. The highest BCUT2D eigenvalue weighted by atomic mass is 16.6. The van der Waals surface area contributed by atoms with Crippen LogP contribution >= 0.6 is 0 Å². The highest BCUT2D eigenvalue weighted by Crippen LogP contribution is 2.32. The zero-order chi connectivity index (χ0) is 16.2. The molecule has 124 valence electrons. The maximum Gasteiger partial charge on any atom is 0.293 e. The first-order chi connectivity index (χ1) is 11.2. The van der Waals surface area contributed by atoms with E-state index in [0.717, 1.165) is 25.9 Å². The summed E-state index contributed by atoms with van der Waals surface area (Å²) in [5.74, 6) is 0.692. The van der Waals surface area contributed by atoms with Gasteiger partial charge in [-0.2, -0.15) is 0 Å². The van der Waals surface area contributed by atoms with Crippen LogP contribution in [0.1, 0.15) is 36.0 Å². The maximum atomic E-state index is 11.3. The summed E-state index contributed by atoms with van der Waals surface area (Å²) in [5, 5.41) is 11.3. The molecule has 0 bridgehead atoms. The fourth-order valence-corrected chi connectivity index (χ4v) is 3.71. The maximum absolute atomic E-state index is 11.3. The van der Waals surface area contributed by atoms with E-state index in [2.05, 4.69) is 9.80 Å². The predicted molar refractivity (Wildman–Crippen MR) is 89.1 cm³/mol. The summed E-state index contributed by atoms with van der Waals surface area (Å²) in [7, 11) is 0. The van der Waals surface area contributed by atoms with Gasteiger partial charge in [0.2, 0.25) is 0 Å². The quantitative estimate of drug-likeness (QED) is 0.474. The molecule has 2 heterocycles. The SMILES string of the molecule is O=Cc1ccc(N2CCC(CN3CCCC3)CC2)c([N+](=O)[O-])c1. The molecular weight excluding hydrogens is 294 g/mol. The Labute approximate surface area is 136 Å². The molecule has 0 unspecified atom stereocenters. The van der Waals surface area contributed by atoms with Gasteiger partial charge in [-0.15, -0.1) is 0 Å². The van der Waals surface area contributed by atoms with Gasteiger partial charge in [0.25, 0.3) is 5.69 Å². The molecule has 6 nitrogen and oxygen atoms in total. The molecule has 0 amide bonds. The zero-order valence-corrected chi connectivity index (χ0v) is 13.3. The monoisotopic (exact) mass is 317 g/mol. The topological polar surface area (TPSA) is 66.7 Å². The summed E-state index contributed by atoms with van der Waals surface area (Å²) in [4.78, 5) is 26.4. The Morgan fingerprint density at radius 2 is 1.87 bits per heavy atom. The molecule has 0 aromatic heterocycles. The van der Waals surface area contributed by atoms with Gasteiger partial charge >= 0.3 is 0 Å². The molecule has 0 spiro atoms. The number of nitro benzene ring substituents is 1. The molecule has 2 fully saturated rings. The molecule has 23 heavy (non-hydrogen) atoms. The van der Waals surface area contributed by atoms with Crippen molar-refractivity contribution in [2.45, 2.75) is 25.7 Å². The third-order valence-corrected chi connectivity index (χ3v) is 5.00. The first kappa shape index (κ1) is 15.9. The van der Waals surface area contributed by atoms with Crippen molar-refractivity contribution in [2.24, 2.45) is 5.92 Å². The van der Waals surface area contributed by atoms with Gasteiger partial charge in [0.15, 0.2) is 0 Å². The fraction of sp³-hybridized carbons (Fsp3) is 0.588. The van der Waals surface area contributed by atoms with Crippen LogP contribution in [0.5, 0.6) is 0 Å². The molecule has 1 aromatic rings. The normalized spacial score (nSPS) is 19.9. The van der Waals surface area contributed by atoms with Crippen molar-refractivity contribution in [1.29, 1.82) is 0 Å². The van der Waals surface area contributed by atoms with Crippen molar-refractivity contribution in [1.82, 2.24) is 4.90 Å². The number of anilines is 1. The number of likely N-dealkylation sites (tertiary alicyclic amines) is 1. The minimum absolute atomic E-state index is 0.0348. The molecule has 2 aliphatic rings. The van der Waals surface area contributed by atoms with Gasteiger partial charge < -0.3 is 9.80 Å². The lowest BCUT2D eigenvalue weighted by atomic mass is 9.95. The highest BCUT2D eigenvalue weighted by molar-refractivity contribution is 5.79. The third-order valence-electron chi connectivity index (χ3n) is 5.00. The van der Waals surface area contributed by atoms with Gasteiger partial charge in [-0.3, -0.25) is 14.9 Å². The van der Waals surface area contributed by atoms with Crippen molar-refractivity contribution in [3.63, 3.8) is 0 Å². The van der Waals surface area contributed by atoms with Crippen LogP contribution in [0.4, 0.5) is 11.4 Å². The number of carbonyl (C=O) groups excluding carboxylic acids is 1. The number of nitro groups is 1. The van der Waals surface area contributed by atoms with E-state index >= 15 is 0 Å². The van der Waals surface area contributed by atoms with Gasteiger partial charge in [-0.25, -0.2) is 0 Å². The molecule has 0 saturated carbocycles. The molecule has 1 aromatic carbocycles. The number of piperidine rings is 1. The van der Waals surface area contributed by atoms with Crippen molar-refractivity contribution < 1.29 is 9.72 Å². The molecule has 0 radical (unpaired) electrons. The molecule has 0 N–H and O–H groups in total. The van der Waals surface area contributed by atoms with E-state index in [9.17, 15) is 14.9 Å². The minimum Gasteiger partial charge on any atom is -0.366 e. The lowest BCUT2D eigenvalue weighted by molar-refractivity contribution is -0.384. The Balaban J connectivity index is 1.65. The summed E-state index contributed by atoms with van der Waals surface area (Å²) in [6.07, 6.45) is 5.42. The lowest BCUT2D eigenvalue weighted by Gasteiger charge is -2.35. The van der Waals surface area contributed by atoms with Gasteiger partial charge in [0.05, 0.1) is 4.92 Å². The van der Waals surface area contributed by atoms with E-state index in [1.165, 1.54) is 38.5 Å². The van der Waals surface area contributed by atoms with Crippen molar-refractivity contribution in [3.05, 3.63) is 33.9 Å². The molecule has 0 aliphatic carbocycles. The molecule has 0 atom stereocenters. The first-order valence-electron chi connectivity index (χ1n) is 8.38. The van der Waals surface area contributed by atoms with Crippen molar-refractivity contribution in [2.75, 3.05) is 37.6 Å². The van der Waals surface area contributed by atoms with Crippen LogP contribution < -0.4 is 4.90 Å². The van der Waals surface area contributed by atoms with Crippen LogP contribution in [0.15, 0.2) is 18.2 Å². The summed E-state index contributed by atoms with van der Waals surface area (Å²) in [6.45, 7) is 5.30. The summed E-state index contributed by atoms with van der Waals surface area (Å²) >= 11 is 0. The number of benzene rings is 1. The summed E-state index contributed by atoms with van der Waals surface area (Å²) in [6, 6.07) is 4.74. The van der Waals surface area contributed by atoms with Gasteiger partial charge in [-0.1, -0.05) is 0 Å². The molecule has 2 saturated heterocycles. The highest BCUT2D eigenvalue weighted by Gasteiger charge is 2.26. The van der Waals surface area contributed by atoms with E-state index < -0.39 is 4.92 Å². The number of carbonyl (C=O) groups is 1. The smallest absolute Gasteiger partial charge is 0.293 e. The lowest BCUT2D eigenvalue weighted by Crippen LogP contribution is -2.38. The standard InChI is InChI=1S/C17H23N3O3/c21-13-15-3-4-16(17(11-15)20(22)23)19-9-5-14(6-10-19)12-18-7-1-2-8-18/h3-4,11,13-14H,1-2,5-10,12H2. The molecule has 6 heteroatoms. The van der Waals surface area contributed by atoms with Crippen molar-refractivity contribution >= 4 is 17.7 Å². The van der Waals surface area contributed by atoms with E-state index in [1.54, 1.807) is 12.1 Å². The number of hydrogen-bond donors (Lipinski definition) is 0. The van der Waals surface area contributed by atoms with Crippen LogP contribution in [-0.4, -0.2) is 48.8 Å². The molecule has 2 aliphatic heterocycles. The Hall–Kier alpha value is -1.95. The van der Waals surface area contributed by atoms with Crippen LogP contribution in [-0.2, 0) is 0 Å². The average molecular weight is 317 g/mol. The van der Waals surface area contributed by atoms with E-state index in [0.29, 0.717) is 23.5 Å². The third kappa shape index (κ3) is 3.69. The second-order valence-corrected chi connectivity index (χ2v) is 6.56. The Morgan fingerprint density at radius 1 is 1.17 bits per heavy atom. The Kier molecular flexibility index (Phi) is 4.91. The van der Waals surface area contributed by atoms with Gasteiger partial charge in [0.1, 0.15) is 12.0 Å². The second-order valence-electron chi connectivity index (χ2n) is 6.56. The molecule has 3 rings (SSSR count). The predicted octanol–water partition coefficient (Wildman–Crippen LogP) is 2.72. The Morgan fingerprint density at radius 3 is 2.48 bits per heavy atom. The summed E-state index contributed by atoms with van der Waals surface area (Å²) in [5.41, 5.74) is 1.03. The van der Waals surface area contributed by atoms with Gasteiger partial charge in [-0.05, 0) is 56.8 Å². The zero-order valence-electron chi connectivity index (χ0n) is 13.3. The minimum atomic E-state index is -0.390. The van der Waals surface area contributed by atoms with E-state index in [-0.39, 0.29) is 5.69 Å². The first-order valence-corrected chi connectivity index (χ1v) is 8.38. The fourth-order valence-electron chi connectivity index (χ4n) is 3.71. The number of aldehydes is 1. The van der Waals surface area contributed by atoms with Crippen LogP contribution in [0.25, 0.3) is 0 Å².